The Morgan fingerprint density at radius 2 is 0.714 bits per heavy atom. The summed E-state index contributed by atoms with van der Waals surface area (Å²) in [5.74, 6) is -0.581. The van der Waals surface area contributed by atoms with Gasteiger partial charge in [0.1, 0.15) is 12.2 Å². The second-order valence-corrected chi connectivity index (χ2v) is 17.5. The molecule has 0 spiro atoms. The molecule has 0 aliphatic carbocycles. The average molecular weight is 794 g/mol. The van der Waals surface area contributed by atoms with Gasteiger partial charge < -0.3 is 25.7 Å². The van der Waals surface area contributed by atoms with Crippen LogP contribution in [0.1, 0.15) is 271 Å². The number of rotatable bonds is 46. The molecular weight excluding hydrogens is 695 g/mol. The number of aliphatic hydroxyl groups excluding tert-OH is 4. The number of unbranched alkanes of at least 4 members (excludes halogenated alkanes) is 35. The molecule has 0 aliphatic heterocycles. The predicted molar refractivity (Wildman–Crippen MR) is 242 cm³/mol. The summed E-state index contributed by atoms with van der Waals surface area (Å²) in [5, 5.41) is 43.8. The zero-order chi connectivity index (χ0) is 41.0. The molecule has 6 heteroatoms. The zero-order valence-corrected chi connectivity index (χ0v) is 37.7. The van der Waals surface area contributed by atoms with Crippen molar-refractivity contribution in [2.24, 2.45) is 0 Å². The van der Waals surface area contributed by atoms with E-state index in [2.05, 4.69) is 31.3 Å². The Morgan fingerprint density at radius 3 is 1.04 bits per heavy atom. The fourth-order valence-corrected chi connectivity index (χ4v) is 7.99. The number of carbonyl (C=O) groups is 1. The number of amides is 1. The van der Waals surface area contributed by atoms with Crippen LogP contribution in [0.15, 0.2) is 12.2 Å². The fraction of sp³-hybridized carbons (Fsp3) is 0.940. The van der Waals surface area contributed by atoms with Crippen LogP contribution in [0.2, 0.25) is 0 Å². The molecule has 0 aromatic rings. The van der Waals surface area contributed by atoms with Crippen LogP contribution in [0.5, 0.6) is 0 Å². The second kappa shape index (κ2) is 45.1. The van der Waals surface area contributed by atoms with E-state index in [1.165, 1.54) is 205 Å². The zero-order valence-electron chi connectivity index (χ0n) is 37.7. The number of carbonyl (C=O) groups excluding carboxylic acids is 1. The molecule has 0 saturated carbocycles. The molecule has 0 heterocycles. The summed E-state index contributed by atoms with van der Waals surface area (Å²) in [6.07, 6.45) is 51.2. The van der Waals surface area contributed by atoms with Gasteiger partial charge >= 0.3 is 0 Å². The van der Waals surface area contributed by atoms with E-state index in [9.17, 15) is 25.2 Å². The number of nitrogens with one attached hydrogen (secondary N) is 1. The summed E-state index contributed by atoms with van der Waals surface area (Å²) in [7, 11) is 0. The molecule has 5 N–H and O–H groups in total. The number of aliphatic hydroxyl groups is 4. The highest BCUT2D eigenvalue weighted by Crippen LogP contribution is 2.17. The van der Waals surface area contributed by atoms with Crippen molar-refractivity contribution in [2.45, 2.75) is 295 Å². The summed E-state index contributed by atoms with van der Waals surface area (Å²) in [6.45, 7) is 4.07. The molecule has 0 aromatic heterocycles. The van der Waals surface area contributed by atoms with Gasteiger partial charge in [-0.05, 0) is 38.5 Å². The number of hydrogen-bond acceptors (Lipinski definition) is 5. The molecule has 0 aromatic carbocycles. The molecule has 0 aliphatic rings. The number of allylic oxidation sites excluding steroid dienone is 2. The topological polar surface area (TPSA) is 110 Å². The molecule has 4 unspecified atom stereocenters. The van der Waals surface area contributed by atoms with Crippen LogP contribution < -0.4 is 5.32 Å². The van der Waals surface area contributed by atoms with E-state index >= 15 is 0 Å². The van der Waals surface area contributed by atoms with Gasteiger partial charge in [-0.2, -0.15) is 0 Å². The Kier molecular flexibility index (Phi) is 44.4. The lowest BCUT2D eigenvalue weighted by Crippen LogP contribution is -2.53. The Hall–Kier alpha value is -0.950. The molecule has 0 bridgehead atoms. The maximum Gasteiger partial charge on any atom is 0.249 e. The molecule has 1 amide bonds. The molecule has 56 heavy (non-hydrogen) atoms. The highest BCUT2D eigenvalue weighted by atomic mass is 16.3. The van der Waals surface area contributed by atoms with Gasteiger partial charge in [-0.1, -0.05) is 244 Å². The SMILES string of the molecule is CCCCCCCCCCCCCC/C=C\CCCCCCCCCCCCCC(O)C(=O)NC(CO)C(O)C(O)CCCCCCCCCCCCCCC. The molecular formula is C50H99NO5. The van der Waals surface area contributed by atoms with E-state index in [0.29, 0.717) is 12.8 Å². The van der Waals surface area contributed by atoms with Gasteiger partial charge in [-0.3, -0.25) is 4.79 Å². The van der Waals surface area contributed by atoms with Crippen molar-refractivity contribution in [3.05, 3.63) is 12.2 Å². The summed E-state index contributed by atoms with van der Waals surface area (Å²) in [5.41, 5.74) is 0. The third-order valence-corrected chi connectivity index (χ3v) is 12.0. The van der Waals surface area contributed by atoms with Gasteiger partial charge in [0, 0.05) is 0 Å². The Balaban J connectivity index is 3.61. The van der Waals surface area contributed by atoms with E-state index in [1.54, 1.807) is 0 Å². The lowest BCUT2D eigenvalue weighted by Gasteiger charge is -2.27. The molecule has 0 fully saturated rings. The van der Waals surface area contributed by atoms with Crippen molar-refractivity contribution in [1.82, 2.24) is 5.32 Å². The first-order valence-corrected chi connectivity index (χ1v) is 25.1. The van der Waals surface area contributed by atoms with Crippen LogP contribution in [0.3, 0.4) is 0 Å². The molecule has 334 valence electrons. The molecule has 0 radical (unpaired) electrons. The van der Waals surface area contributed by atoms with Gasteiger partial charge in [-0.15, -0.1) is 0 Å². The average Bonchev–Trinajstić information content (AvgIpc) is 3.20. The smallest absolute Gasteiger partial charge is 0.249 e. The van der Waals surface area contributed by atoms with Crippen molar-refractivity contribution >= 4 is 5.91 Å². The van der Waals surface area contributed by atoms with Crippen molar-refractivity contribution in [1.29, 1.82) is 0 Å². The van der Waals surface area contributed by atoms with Gasteiger partial charge in [0.05, 0.1) is 18.8 Å². The molecule has 6 nitrogen and oxygen atoms in total. The number of hydrogen-bond donors (Lipinski definition) is 5. The van der Waals surface area contributed by atoms with Crippen molar-refractivity contribution in [3.63, 3.8) is 0 Å². The van der Waals surface area contributed by atoms with Crippen molar-refractivity contribution in [2.75, 3.05) is 6.61 Å². The van der Waals surface area contributed by atoms with Crippen LogP contribution in [0, 0.1) is 0 Å². The van der Waals surface area contributed by atoms with Gasteiger partial charge in [-0.25, -0.2) is 0 Å². The van der Waals surface area contributed by atoms with E-state index < -0.39 is 36.9 Å². The van der Waals surface area contributed by atoms with E-state index in [1.807, 2.05) is 0 Å². The lowest BCUT2D eigenvalue weighted by atomic mass is 9.99. The van der Waals surface area contributed by atoms with Crippen molar-refractivity contribution < 1.29 is 25.2 Å². The maximum atomic E-state index is 12.5. The molecule has 4 atom stereocenters. The van der Waals surface area contributed by atoms with Crippen LogP contribution >= 0.6 is 0 Å². The highest BCUT2D eigenvalue weighted by molar-refractivity contribution is 5.80. The fourth-order valence-electron chi connectivity index (χ4n) is 7.99. The summed E-state index contributed by atoms with van der Waals surface area (Å²) in [4.78, 5) is 12.5. The second-order valence-electron chi connectivity index (χ2n) is 17.5. The van der Waals surface area contributed by atoms with Gasteiger partial charge in [0.15, 0.2) is 0 Å². The van der Waals surface area contributed by atoms with Crippen LogP contribution in [0.4, 0.5) is 0 Å². The summed E-state index contributed by atoms with van der Waals surface area (Å²) in [6, 6.07) is -0.982. The predicted octanol–water partition coefficient (Wildman–Crippen LogP) is 13.7. The Morgan fingerprint density at radius 1 is 0.429 bits per heavy atom. The van der Waals surface area contributed by atoms with Crippen LogP contribution in [-0.2, 0) is 4.79 Å². The summed E-state index contributed by atoms with van der Waals surface area (Å²) >= 11 is 0. The van der Waals surface area contributed by atoms with Gasteiger partial charge in [0.25, 0.3) is 0 Å². The summed E-state index contributed by atoms with van der Waals surface area (Å²) < 4.78 is 0. The molecule has 0 rings (SSSR count). The first kappa shape index (κ1) is 55.0. The Labute approximate surface area is 349 Å². The Bertz CT molecular complexity index is 806. The maximum absolute atomic E-state index is 12.5. The van der Waals surface area contributed by atoms with E-state index in [-0.39, 0.29) is 0 Å². The normalized spacial score (nSPS) is 14.0. The van der Waals surface area contributed by atoms with Gasteiger partial charge in [0.2, 0.25) is 5.91 Å². The monoisotopic (exact) mass is 794 g/mol. The minimum absolute atomic E-state index is 0.371. The first-order chi connectivity index (χ1) is 27.5. The largest absolute Gasteiger partial charge is 0.394 e. The highest BCUT2D eigenvalue weighted by Gasteiger charge is 2.28. The standard InChI is InChI=1S/C50H99NO5/c1-3-5-7-9-11-13-15-17-18-19-20-21-22-23-24-25-26-27-28-29-30-32-34-36-38-40-42-44-48(54)50(56)51-46(45-52)49(55)47(53)43-41-39-37-35-33-31-16-14-12-10-8-6-4-2/h23-24,46-49,52-55H,3-22,25-45H2,1-2H3,(H,51,56)/b24-23-. The minimum Gasteiger partial charge on any atom is -0.394 e. The first-order valence-electron chi connectivity index (χ1n) is 25.1. The van der Waals surface area contributed by atoms with Crippen LogP contribution in [0.25, 0.3) is 0 Å². The van der Waals surface area contributed by atoms with Crippen molar-refractivity contribution in [3.8, 4) is 0 Å². The van der Waals surface area contributed by atoms with Crippen LogP contribution in [-0.4, -0.2) is 57.3 Å². The third kappa shape index (κ3) is 38.6. The lowest BCUT2D eigenvalue weighted by molar-refractivity contribution is -0.132. The quantitative estimate of drug-likeness (QED) is 0.0311. The van der Waals surface area contributed by atoms with E-state index in [4.69, 9.17) is 0 Å². The minimum atomic E-state index is -1.26. The third-order valence-electron chi connectivity index (χ3n) is 12.0. The molecule has 0 saturated heterocycles. The van der Waals surface area contributed by atoms with E-state index in [0.717, 1.165) is 38.5 Å².